The lowest BCUT2D eigenvalue weighted by Gasteiger charge is -2.22. The van der Waals surface area contributed by atoms with E-state index in [0.717, 1.165) is 6.21 Å². The van der Waals surface area contributed by atoms with Crippen LogP contribution < -0.4 is 5.32 Å². The maximum atomic E-state index is 11.8. The monoisotopic (exact) mass is 342 g/mol. The summed E-state index contributed by atoms with van der Waals surface area (Å²) >= 11 is 0. The van der Waals surface area contributed by atoms with Crippen LogP contribution in [0.25, 0.3) is 0 Å². The highest BCUT2D eigenvalue weighted by molar-refractivity contribution is 6.25. The fourth-order valence-corrected chi connectivity index (χ4v) is 1.48. The van der Waals surface area contributed by atoms with Crippen molar-refractivity contribution in [1.82, 2.24) is 5.32 Å². The van der Waals surface area contributed by atoms with E-state index < -0.39 is 35.6 Å². The molecule has 0 aromatic carbocycles. The maximum absolute atomic E-state index is 11.8. The number of Topliss-reactive ketones (excluding diaryl/α,β-unsaturated/α-hetero) is 2. The van der Waals surface area contributed by atoms with Crippen molar-refractivity contribution in [3.05, 3.63) is 0 Å². The number of hydrogen-bond acceptors (Lipinski definition) is 7. The predicted molar refractivity (Wildman–Crippen MR) is 82.4 cm³/mol. The molecular weight excluding hydrogens is 318 g/mol. The number of amides is 1. The Bertz CT molecular complexity index is 546. The average Bonchev–Trinajstić information content (AvgIpc) is 2.41. The Balaban J connectivity index is 4.52. The second-order valence-electron chi connectivity index (χ2n) is 6.20. The minimum absolute atomic E-state index is 0.0471. The molecule has 134 valence electrons. The summed E-state index contributed by atoms with van der Waals surface area (Å²) in [5.74, 6) is -1.33. The highest BCUT2D eigenvalue weighted by Gasteiger charge is 2.27. The molecule has 9 nitrogen and oxygen atoms in total. The molecule has 0 saturated heterocycles. The first kappa shape index (κ1) is 21.5. The van der Waals surface area contributed by atoms with Crippen molar-refractivity contribution in [2.45, 2.75) is 59.8 Å². The first-order chi connectivity index (χ1) is 11.0. The molecule has 0 saturated carbocycles. The molecule has 0 aliphatic carbocycles. The van der Waals surface area contributed by atoms with E-state index in [1.807, 2.05) is 0 Å². The van der Waals surface area contributed by atoms with Crippen LogP contribution in [0.1, 0.15) is 47.5 Å². The van der Waals surface area contributed by atoms with Crippen molar-refractivity contribution in [2.24, 2.45) is 5.41 Å². The molecular formula is C15H24N3O6+. The summed E-state index contributed by atoms with van der Waals surface area (Å²) in [5.41, 5.74) is 5.80. The lowest BCUT2D eigenvalue weighted by atomic mass is 9.97. The van der Waals surface area contributed by atoms with Gasteiger partial charge >= 0.3 is 18.3 Å². The number of carbonyl (C=O) groups is 4. The molecule has 0 fully saturated rings. The number of hydrogen-bond donors (Lipinski definition) is 2. The molecule has 0 bridgehead atoms. The van der Waals surface area contributed by atoms with Gasteiger partial charge in [0.15, 0.2) is 5.78 Å². The Morgan fingerprint density at radius 3 is 2.25 bits per heavy atom. The largest absolute Gasteiger partial charge is 0.425 e. The fraction of sp³-hybridized carbons (Fsp3) is 0.667. The molecule has 0 spiro atoms. The van der Waals surface area contributed by atoms with Crippen LogP contribution in [-0.4, -0.2) is 47.0 Å². The van der Waals surface area contributed by atoms with Gasteiger partial charge in [0.2, 0.25) is 12.1 Å². The number of carbonyl (C=O) groups excluding carboxylic acids is 4. The van der Waals surface area contributed by atoms with Crippen molar-refractivity contribution in [2.75, 3.05) is 0 Å². The maximum Gasteiger partial charge on any atom is 0.410 e. The highest BCUT2D eigenvalue weighted by Crippen LogP contribution is 2.16. The number of rotatable bonds is 8. The number of ether oxygens (including phenoxy) is 2. The van der Waals surface area contributed by atoms with Crippen LogP contribution in [0.2, 0.25) is 0 Å². The van der Waals surface area contributed by atoms with Crippen molar-refractivity contribution >= 4 is 29.8 Å². The normalized spacial score (nSPS) is 13.0. The molecule has 2 atom stereocenters. The van der Waals surface area contributed by atoms with E-state index in [0.29, 0.717) is 0 Å². The number of ketones is 2. The van der Waals surface area contributed by atoms with Gasteiger partial charge in [0.25, 0.3) is 0 Å². The van der Waals surface area contributed by atoms with Crippen LogP contribution in [0, 0.1) is 10.9 Å². The molecule has 0 aliphatic rings. The van der Waals surface area contributed by atoms with Crippen molar-refractivity contribution in [3.8, 4) is 0 Å². The third-order valence-electron chi connectivity index (χ3n) is 2.83. The van der Waals surface area contributed by atoms with Gasteiger partial charge in [-0.25, -0.2) is 4.79 Å². The predicted octanol–water partition coefficient (Wildman–Crippen LogP) is 1.26. The van der Waals surface area contributed by atoms with Crippen molar-refractivity contribution in [3.63, 3.8) is 0 Å². The Kier molecular flexibility index (Phi) is 8.55. The number of nitrogens with zero attached hydrogens (tertiary/aromatic N) is 1. The Morgan fingerprint density at radius 2 is 1.79 bits per heavy atom. The Hall–Kier alpha value is -2.54. The van der Waals surface area contributed by atoms with Crippen LogP contribution in [0.5, 0.6) is 0 Å². The molecule has 0 radical (unpaired) electrons. The van der Waals surface area contributed by atoms with E-state index in [9.17, 15) is 19.2 Å². The summed E-state index contributed by atoms with van der Waals surface area (Å²) < 4.78 is 9.82. The van der Waals surface area contributed by atoms with Crippen LogP contribution in [0.15, 0.2) is 0 Å². The second-order valence-corrected chi connectivity index (χ2v) is 6.20. The number of nitrogens with one attached hydrogen (secondary N) is 2. The van der Waals surface area contributed by atoms with Crippen molar-refractivity contribution in [1.29, 1.82) is 5.53 Å². The number of esters is 1. The Morgan fingerprint density at radius 1 is 1.21 bits per heavy atom. The van der Waals surface area contributed by atoms with Gasteiger partial charge in [-0.3, -0.25) is 14.4 Å². The van der Waals surface area contributed by atoms with E-state index in [1.54, 1.807) is 20.8 Å². The molecule has 9 heteroatoms. The topological polar surface area (TPSA) is 137 Å². The van der Waals surface area contributed by atoms with Gasteiger partial charge in [-0.2, -0.15) is 0 Å². The molecule has 0 aromatic rings. The molecule has 0 heterocycles. The van der Waals surface area contributed by atoms with E-state index in [-0.39, 0.29) is 18.6 Å². The number of alkyl carbamates (subject to hydrolysis) is 1. The van der Waals surface area contributed by atoms with Gasteiger partial charge in [0.05, 0.1) is 21.8 Å². The molecule has 0 aliphatic heterocycles. The zero-order valence-corrected chi connectivity index (χ0v) is 14.5. The van der Waals surface area contributed by atoms with Crippen molar-refractivity contribution < 1.29 is 33.4 Å². The average molecular weight is 342 g/mol. The lowest BCUT2D eigenvalue weighted by Crippen LogP contribution is -2.42. The molecule has 2 unspecified atom stereocenters. The van der Waals surface area contributed by atoms with Crippen LogP contribution >= 0.6 is 0 Å². The van der Waals surface area contributed by atoms with Crippen LogP contribution in [0.4, 0.5) is 4.79 Å². The summed E-state index contributed by atoms with van der Waals surface area (Å²) in [6, 6.07) is -0.925. The summed E-state index contributed by atoms with van der Waals surface area (Å²) in [7, 11) is 0. The van der Waals surface area contributed by atoms with Gasteiger partial charge in [-0.1, -0.05) is 0 Å². The summed E-state index contributed by atoms with van der Waals surface area (Å²) in [6.45, 7) is 7.61. The summed E-state index contributed by atoms with van der Waals surface area (Å²) in [5, 5.41) is 2.31. The van der Waals surface area contributed by atoms with Gasteiger partial charge in [-0.05, 0) is 34.1 Å². The molecule has 24 heavy (non-hydrogen) atoms. The minimum Gasteiger partial charge on any atom is -0.425 e. The highest BCUT2D eigenvalue weighted by atomic mass is 16.7. The SMILES string of the molecule is CC(=O)C(CCC(=O)C=[N+]=N)NC(=O)OC(C)OC(=O)C(C)(C)C. The second kappa shape index (κ2) is 9.57. The third kappa shape index (κ3) is 8.79. The third-order valence-corrected chi connectivity index (χ3v) is 2.83. The summed E-state index contributed by atoms with van der Waals surface area (Å²) in [4.78, 5) is 49.0. The van der Waals surface area contributed by atoms with Gasteiger partial charge in [0.1, 0.15) is 0 Å². The standard InChI is InChI=1S/C15H23N3O6/c1-9(19)12(7-6-11(20)8-17-16)18-14(22)24-10(2)23-13(21)15(3,4)5/h8,10,12,16H,6-7H2,1-5H3/p+1. The molecule has 0 rings (SSSR count). The van der Waals surface area contributed by atoms with Gasteiger partial charge in [-0.15, -0.1) is 0 Å². The lowest BCUT2D eigenvalue weighted by molar-refractivity contribution is -0.174. The first-order valence-electron chi connectivity index (χ1n) is 7.38. The van der Waals surface area contributed by atoms with E-state index >= 15 is 0 Å². The minimum atomic E-state index is -1.12. The molecule has 1 amide bonds. The van der Waals surface area contributed by atoms with E-state index in [4.69, 9.17) is 15.0 Å². The zero-order chi connectivity index (χ0) is 18.9. The van der Waals surface area contributed by atoms with E-state index in [1.165, 1.54) is 13.8 Å². The van der Waals surface area contributed by atoms with Crippen LogP contribution in [0.3, 0.4) is 0 Å². The molecule has 2 N–H and O–H groups in total. The van der Waals surface area contributed by atoms with Gasteiger partial charge < -0.3 is 14.8 Å². The molecule has 0 aromatic heterocycles. The first-order valence-corrected chi connectivity index (χ1v) is 7.38. The van der Waals surface area contributed by atoms with E-state index in [2.05, 4.69) is 10.1 Å². The van der Waals surface area contributed by atoms with Crippen LogP contribution in [-0.2, 0) is 23.9 Å². The quantitative estimate of drug-likeness (QED) is 0.224. The summed E-state index contributed by atoms with van der Waals surface area (Å²) in [6.07, 6.45) is -1.25. The fourth-order valence-electron chi connectivity index (χ4n) is 1.48. The zero-order valence-electron chi connectivity index (χ0n) is 14.5. The van der Waals surface area contributed by atoms with Gasteiger partial charge in [0, 0.05) is 13.3 Å². The smallest absolute Gasteiger partial charge is 0.410 e. The Labute approximate surface area is 140 Å².